The number of methoxy groups -OCH3 is 1. The maximum atomic E-state index is 12.2. The highest BCUT2D eigenvalue weighted by Crippen LogP contribution is 2.40. The van der Waals surface area contributed by atoms with Gasteiger partial charge in [0.25, 0.3) is 0 Å². The molecule has 1 aromatic carbocycles. The largest absolute Gasteiger partial charge is 0.496 e. The molecule has 6 heteroatoms. The lowest BCUT2D eigenvalue weighted by molar-refractivity contribution is -0.202. The Morgan fingerprint density at radius 1 is 1.35 bits per heavy atom. The summed E-state index contributed by atoms with van der Waals surface area (Å²) in [4.78, 5) is 0. The molecule has 20 heavy (non-hydrogen) atoms. The van der Waals surface area contributed by atoms with Crippen LogP contribution in [0.3, 0.4) is 0 Å². The first-order valence-electron chi connectivity index (χ1n) is 6.53. The number of para-hydroxylation sites is 1. The van der Waals surface area contributed by atoms with Gasteiger partial charge in [0.2, 0.25) is 0 Å². The van der Waals surface area contributed by atoms with Gasteiger partial charge in [-0.25, -0.2) is 0 Å². The molecule has 0 spiro atoms. The van der Waals surface area contributed by atoms with Crippen molar-refractivity contribution in [3.05, 3.63) is 29.8 Å². The Labute approximate surface area is 115 Å². The van der Waals surface area contributed by atoms with Gasteiger partial charge < -0.3 is 15.2 Å². The predicted molar refractivity (Wildman–Crippen MR) is 68.8 cm³/mol. The molecule has 1 saturated carbocycles. The van der Waals surface area contributed by atoms with Gasteiger partial charge in [-0.15, -0.1) is 0 Å². The Morgan fingerprint density at radius 2 is 2.00 bits per heavy atom. The van der Waals surface area contributed by atoms with Crippen molar-refractivity contribution in [2.24, 2.45) is 0 Å². The van der Waals surface area contributed by atoms with E-state index in [1.807, 2.05) is 24.3 Å². The number of rotatable bonds is 5. The average Bonchev–Trinajstić information content (AvgIpc) is 2.36. The molecule has 2 rings (SSSR count). The van der Waals surface area contributed by atoms with Gasteiger partial charge in [0.15, 0.2) is 6.10 Å². The van der Waals surface area contributed by atoms with E-state index in [2.05, 4.69) is 5.32 Å². The van der Waals surface area contributed by atoms with Crippen molar-refractivity contribution in [1.82, 2.24) is 5.32 Å². The van der Waals surface area contributed by atoms with Gasteiger partial charge in [0.05, 0.1) is 7.11 Å². The number of hydrogen-bond acceptors (Lipinski definition) is 3. The van der Waals surface area contributed by atoms with Crippen LogP contribution in [0.15, 0.2) is 24.3 Å². The predicted octanol–water partition coefficient (Wildman–Crippen LogP) is 2.45. The molecule has 1 aliphatic carbocycles. The molecule has 1 aliphatic rings. The number of alkyl halides is 3. The maximum Gasteiger partial charge on any atom is 0.415 e. The van der Waals surface area contributed by atoms with E-state index in [9.17, 15) is 13.2 Å². The highest BCUT2D eigenvalue weighted by Gasteiger charge is 2.39. The molecule has 0 saturated heterocycles. The van der Waals surface area contributed by atoms with Crippen LogP contribution in [0.5, 0.6) is 5.75 Å². The van der Waals surface area contributed by atoms with Crippen LogP contribution in [-0.4, -0.2) is 37.1 Å². The highest BCUT2D eigenvalue weighted by atomic mass is 19.4. The van der Waals surface area contributed by atoms with Crippen LogP contribution >= 0.6 is 0 Å². The monoisotopic (exact) mass is 289 g/mol. The summed E-state index contributed by atoms with van der Waals surface area (Å²) in [5.41, 5.74) is 1.09. The summed E-state index contributed by atoms with van der Waals surface area (Å²) in [6, 6.07) is 7.68. The lowest BCUT2D eigenvalue weighted by atomic mass is 9.75. The topological polar surface area (TPSA) is 41.5 Å². The first kappa shape index (κ1) is 15.1. The van der Waals surface area contributed by atoms with Crippen molar-refractivity contribution in [2.45, 2.75) is 37.1 Å². The molecule has 0 aromatic heterocycles. The average molecular weight is 289 g/mol. The quantitative estimate of drug-likeness (QED) is 0.875. The SMILES string of the molecule is COc1ccccc1C1CC(NCC(O)C(F)(F)F)C1. The standard InChI is InChI=1S/C14H18F3NO2/c1-20-12-5-3-2-4-11(12)9-6-10(7-9)18-8-13(19)14(15,16)17/h2-5,9-10,13,18-19H,6-8H2,1H3. The zero-order chi connectivity index (χ0) is 14.8. The fraction of sp³-hybridized carbons (Fsp3) is 0.571. The Kier molecular flexibility index (Phi) is 4.55. The molecule has 1 unspecified atom stereocenters. The maximum absolute atomic E-state index is 12.2. The Balaban J connectivity index is 1.80. The van der Waals surface area contributed by atoms with E-state index in [1.54, 1.807) is 7.11 Å². The molecule has 0 radical (unpaired) electrons. The fourth-order valence-electron chi connectivity index (χ4n) is 2.44. The van der Waals surface area contributed by atoms with Gasteiger partial charge in [0.1, 0.15) is 5.75 Å². The van der Waals surface area contributed by atoms with Crippen LogP contribution in [0.2, 0.25) is 0 Å². The molecular weight excluding hydrogens is 271 g/mol. The van der Waals surface area contributed by atoms with Crippen molar-refractivity contribution >= 4 is 0 Å². The molecule has 2 N–H and O–H groups in total. The van der Waals surface area contributed by atoms with E-state index in [4.69, 9.17) is 9.84 Å². The lowest BCUT2D eigenvalue weighted by Gasteiger charge is -2.37. The van der Waals surface area contributed by atoms with Crippen LogP contribution in [0.4, 0.5) is 13.2 Å². The number of aliphatic hydroxyl groups is 1. The van der Waals surface area contributed by atoms with Gasteiger partial charge in [-0.3, -0.25) is 0 Å². The normalized spacial score (nSPS) is 24.1. The minimum atomic E-state index is -4.56. The first-order chi connectivity index (χ1) is 9.41. The fourth-order valence-corrected chi connectivity index (χ4v) is 2.44. The van der Waals surface area contributed by atoms with E-state index in [-0.39, 0.29) is 6.04 Å². The molecular formula is C14H18F3NO2. The number of nitrogens with one attached hydrogen (secondary N) is 1. The molecule has 1 fully saturated rings. The van der Waals surface area contributed by atoms with E-state index in [0.717, 1.165) is 24.2 Å². The summed E-state index contributed by atoms with van der Waals surface area (Å²) in [5.74, 6) is 1.11. The van der Waals surface area contributed by atoms with Crippen molar-refractivity contribution in [3.63, 3.8) is 0 Å². The van der Waals surface area contributed by atoms with Gasteiger partial charge >= 0.3 is 6.18 Å². The number of ether oxygens (including phenoxy) is 1. The van der Waals surface area contributed by atoms with Gasteiger partial charge in [-0.1, -0.05) is 18.2 Å². The van der Waals surface area contributed by atoms with E-state index in [0.29, 0.717) is 5.92 Å². The van der Waals surface area contributed by atoms with Gasteiger partial charge in [-0.2, -0.15) is 13.2 Å². The van der Waals surface area contributed by atoms with Gasteiger partial charge in [-0.05, 0) is 30.4 Å². The number of halogens is 3. The number of benzene rings is 1. The van der Waals surface area contributed by atoms with E-state index < -0.39 is 18.8 Å². The Hall–Kier alpha value is -1.27. The second-order valence-corrected chi connectivity index (χ2v) is 5.07. The first-order valence-corrected chi connectivity index (χ1v) is 6.53. The van der Waals surface area contributed by atoms with Crippen molar-refractivity contribution in [3.8, 4) is 5.75 Å². The van der Waals surface area contributed by atoms with Crippen LogP contribution in [-0.2, 0) is 0 Å². The molecule has 1 atom stereocenters. The lowest BCUT2D eigenvalue weighted by Crippen LogP contribution is -2.46. The smallest absolute Gasteiger partial charge is 0.415 e. The third-order valence-corrected chi connectivity index (χ3v) is 3.69. The second-order valence-electron chi connectivity index (χ2n) is 5.07. The molecule has 3 nitrogen and oxygen atoms in total. The summed E-state index contributed by atoms with van der Waals surface area (Å²) in [6.07, 6.45) is -5.35. The minimum absolute atomic E-state index is 0.0157. The molecule has 0 heterocycles. The zero-order valence-electron chi connectivity index (χ0n) is 11.2. The third kappa shape index (κ3) is 3.43. The van der Waals surface area contributed by atoms with Crippen molar-refractivity contribution in [1.29, 1.82) is 0 Å². The van der Waals surface area contributed by atoms with Crippen LogP contribution < -0.4 is 10.1 Å². The molecule has 112 valence electrons. The molecule has 0 bridgehead atoms. The van der Waals surface area contributed by atoms with Gasteiger partial charge in [0, 0.05) is 12.6 Å². The summed E-state index contributed by atoms with van der Waals surface area (Å²) >= 11 is 0. The summed E-state index contributed by atoms with van der Waals surface area (Å²) in [5, 5.41) is 11.7. The highest BCUT2D eigenvalue weighted by molar-refractivity contribution is 5.37. The number of aliphatic hydroxyl groups excluding tert-OH is 1. The Morgan fingerprint density at radius 3 is 2.60 bits per heavy atom. The van der Waals surface area contributed by atoms with E-state index >= 15 is 0 Å². The van der Waals surface area contributed by atoms with E-state index in [1.165, 1.54) is 0 Å². The Bertz CT molecular complexity index is 444. The number of hydrogen-bond donors (Lipinski definition) is 2. The molecule has 0 amide bonds. The zero-order valence-corrected chi connectivity index (χ0v) is 11.2. The summed E-state index contributed by atoms with van der Waals surface area (Å²) < 4.78 is 41.7. The molecule has 0 aliphatic heterocycles. The summed E-state index contributed by atoms with van der Waals surface area (Å²) in [6.45, 7) is -0.452. The molecule has 1 aromatic rings. The van der Waals surface area contributed by atoms with Crippen LogP contribution in [0, 0.1) is 0 Å². The van der Waals surface area contributed by atoms with Crippen LogP contribution in [0.1, 0.15) is 24.3 Å². The second kappa shape index (κ2) is 6.01. The minimum Gasteiger partial charge on any atom is -0.496 e. The third-order valence-electron chi connectivity index (χ3n) is 3.69. The van der Waals surface area contributed by atoms with Crippen molar-refractivity contribution < 1.29 is 23.0 Å². The van der Waals surface area contributed by atoms with Crippen LogP contribution in [0.25, 0.3) is 0 Å². The van der Waals surface area contributed by atoms with Crippen molar-refractivity contribution in [2.75, 3.05) is 13.7 Å². The summed E-state index contributed by atoms with van der Waals surface area (Å²) in [7, 11) is 1.60.